The van der Waals surface area contributed by atoms with Crippen molar-refractivity contribution in [3.63, 3.8) is 0 Å². The van der Waals surface area contributed by atoms with Crippen molar-refractivity contribution in [2.45, 2.75) is 32.3 Å². The van der Waals surface area contributed by atoms with E-state index in [1.165, 1.54) is 0 Å². The van der Waals surface area contributed by atoms with Crippen LogP contribution in [0.4, 0.5) is 10.5 Å². The number of rotatable bonds is 4. The predicted molar refractivity (Wildman–Crippen MR) is 82.4 cm³/mol. The van der Waals surface area contributed by atoms with E-state index in [4.69, 9.17) is 14.2 Å². The normalized spacial score (nSPS) is 17.3. The van der Waals surface area contributed by atoms with Gasteiger partial charge >= 0.3 is 6.09 Å². The van der Waals surface area contributed by atoms with Crippen molar-refractivity contribution < 1.29 is 24.1 Å². The average molecular weight is 309 g/mol. The minimum atomic E-state index is -0.571. The standard InChI is InChI=1S/C16H23NO5/c1-16(2,3)22-15(19)17-8-11(9-18)14-12(17)6-5-7-13(14)21-10-20-4/h5-7,11,18H,8-10H2,1-4H3. The molecule has 1 unspecified atom stereocenters. The smallest absolute Gasteiger partial charge is 0.414 e. The lowest BCUT2D eigenvalue weighted by atomic mass is 10.0. The highest BCUT2D eigenvalue weighted by atomic mass is 16.7. The third-order valence-electron chi connectivity index (χ3n) is 3.31. The molecule has 0 radical (unpaired) electrons. The van der Waals surface area contributed by atoms with Gasteiger partial charge in [-0.25, -0.2) is 4.79 Å². The fourth-order valence-corrected chi connectivity index (χ4v) is 2.48. The summed E-state index contributed by atoms with van der Waals surface area (Å²) in [6.07, 6.45) is -0.423. The molecule has 1 N–H and O–H groups in total. The zero-order valence-corrected chi connectivity index (χ0v) is 13.5. The van der Waals surface area contributed by atoms with Crippen molar-refractivity contribution in [3.8, 4) is 5.75 Å². The van der Waals surface area contributed by atoms with E-state index in [2.05, 4.69) is 0 Å². The molecular formula is C16H23NO5. The second-order valence-electron chi connectivity index (χ2n) is 6.21. The van der Waals surface area contributed by atoms with Gasteiger partial charge in [-0.1, -0.05) is 6.07 Å². The average Bonchev–Trinajstić information content (AvgIpc) is 2.82. The zero-order valence-electron chi connectivity index (χ0n) is 13.5. The zero-order chi connectivity index (χ0) is 16.3. The Hall–Kier alpha value is -1.79. The number of carbonyl (C=O) groups excluding carboxylic acids is 1. The van der Waals surface area contributed by atoms with E-state index in [0.717, 1.165) is 5.56 Å². The molecule has 0 saturated heterocycles. The van der Waals surface area contributed by atoms with E-state index >= 15 is 0 Å². The number of hydrogen-bond donors (Lipinski definition) is 1. The molecule has 1 aliphatic heterocycles. The molecule has 0 aliphatic carbocycles. The number of aliphatic hydroxyl groups excluding tert-OH is 1. The first-order valence-electron chi connectivity index (χ1n) is 7.23. The van der Waals surface area contributed by atoms with Crippen LogP contribution >= 0.6 is 0 Å². The Morgan fingerprint density at radius 3 is 2.73 bits per heavy atom. The first kappa shape index (κ1) is 16.6. The Kier molecular flexibility index (Phi) is 4.93. The Morgan fingerprint density at radius 2 is 2.14 bits per heavy atom. The fourth-order valence-electron chi connectivity index (χ4n) is 2.48. The molecule has 1 amide bonds. The summed E-state index contributed by atoms with van der Waals surface area (Å²) in [6.45, 7) is 5.88. The molecule has 0 bridgehead atoms. The molecule has 1 heterocycles. The van der Waals surface area contributed by atoms with Gasteiger partial charge in [0.2, 0.25) is 0 Å². The maximum atomic E-state index is 12.4. The highest BCUT2D eigenvalue weighted by Gasteiger charge is 2.36. The van der Waals surface area contributed by atoms with E-state index in [1.807, 2.05) is 26.8 Å². The molecule has 6 nitrogen and oxygen atoms in total. The number of benzene rings is 1. The quantitative estimate of drug-likeness (QED) is 0.866. The van der Waals surface area contributed by atoms with Gasteiger partial charge in [0.05, 0.1) is 12.3 Å². The fraction of sp³-hybridized carbons (Fsp3) is 0.562. The minimum absolute atomic E-state index is 0.0698. The summed E-state index contributed by atoms with van der Waals surface area (Å²) in [5.74, 6) is 0.417. The van der Waals surface area contributed by atoms with Crippen LogP contribution in [0.2, 0.25) is 0 Å². The van der Waals surface area contributed by atoms with Gasteiger partial charge in [0.15, 0.2) is 6.79 Å². The van der Waals surface area contributed by atoms with Crippen molar-refractivity contribution in [1.82, 2.24) is 0 Å². The summed E-state index contributed by atoms with van der Waals surface area (Å²) in [7, 11) is 1.54. The number of amides is 1. The Labute approximate surface area is 130 Å². The third-order valence-corrected chi connectivity index (χ3v) is 3.31. The van der Waals surface area contributed by atoms with Gasteiger partial charge in [-0.05, 0) is 32.9 Å². The van der Waals surface area contributed by atoms with Crippen molar-refractivity contribution in [1.29, 1.82) is 0 Å². The lowest BCUT2D eigenvalue weighted by molar-refractivity contribution is 0.0501. The van der Waals surface area contributed by atoms with E-state index < -0.39 is 11.7 Å². The molecule has 0 fully saturated rings. The van der Waals surface area contributed by atoms with Crippen LogP contribution in [0.25, 0.3) is 0 Å². The van der Waals surface area contributed by atoms with Gasteiger partial charge in [0, 0.05) is 25.1 Å². The van der Waals surface area contributed by atoms with E-state index in [-0.39, 0.29) is 19.3 Å². The molecule has 1 atom stereocenters. The number of nitrogens with zero attached hydrogens (tertiary/aromatic N) is 1. The second-order valence-corrected chi connectivity index (χ2v) is 6.21. The summed E-state index contributed by atoms with van der Waals surface area (Å²) in [5.41, 5.74) is 0.952. The summed E-state index contributed by atoms with van der Waals surface area (Å²) in [6, 6.07) is 5.44. The number of hydrogen-bond acceptors (Lipinski definition) is 5. The van der Waals surface area contributed by atoms with Crippen LogP contribution in [0.1, 0.15) is 32.3 Å². The van der Waals surface area contributed by atoms with Crippen LogP contribution in [0.15, 0.2) is 18.2 Å². The van der Waals surface area contributed by atoms with Gasteiger partial charge in [-0.15, -0.1) is 0 Å². The maximum Gasteiger partial charge on any atom is 0.414 e. The second kappa shape index (κ2) is 6.54. The Morgan fingerprint density at radius 1 is 1.41 bits per heavy atom. The molecule has 1 aromatic rings. The number of ether oxygens (including phenoxy) is 3. The van der Waals surface area contributed by atoms with E-state index in [0.29, 0.717) is 18.0 Å². The summed E-state index contributed by atoms with van der Waals surface area (Å²) < 4.78 is 15.9. The van der Waals surface area contributed by atoms with Crippen LogP contribution in [0.5, 0.6) is 5.75 Å². The summed E-state index contributed by atoms with van der Waals surface area (Å²) >= 11 is 0. The highest BCUT2D eigenvalue weighted by molar-refractivity contribution is 5.92. The predicted octanol–water partition coefficient (Wildman–Crippen LogP) is 2.50. The minimum Gasteiger partial charge on any atom is -0.467 e. The Bertz CT molecular complexity index is 538. The van der Waals surface area contributed by atoms with Crippen LogP contribution in [0.3, 0.4) is 0 Å². The molecule has 0 aromatic heterocycles. The van der Waals surface area contributed by atoms with E-state index in [1.54, 1.807) is 24.1 Å². The molecular weight excluding hydrogens is 286 g/mol. The number of fused-ring (bicyclic) bond motifs is 1. The van der Waals surface area contributed by atoms with Crippen molar-refractivity contribution in [2.75, 3.05) is 32.0 Å². The number of carbonyl (C=O) groups is 1. The topological polar surface area (TPSA) is 68.2 Å². The Balaban J connectivity index is 2.31. The molecule has 122 valence electrons. The monoisotopic (exact) mass is 309 g/mol. The lowest BCUT2D eigenvalue weighted by Crippen LogP contribution is -2.36. The molecule has 0 spiro atoms. The van der Waals surface area contributed by atoms with E-state index in [9.17, 15) is 9.90 Å². The molecule has 2 rings (SSSR count). The van der Waals surface area contributed by atoms with Gasteiger partial charge < -0.3 is 19.3 Å². The van der Waals surface area contributed by atoms with Gasteiger partial charge in [-0.2, -0.15) is 0 Å². The molecule has 1 aromatic carbocycles. The van der Waals surface area contributed by atoms with Crippen molar-refractivity contribution >= 4 is 11.8 Å². The summed E-state index contributed by atoms with van der Waals surface area (Å²) in [4.78, 5) is 13.9. The number of aliphatic hydroxyl groups is 1. The van der Waals surface area contributed by atoms with Gasteiger partial charge in [0.1, 0.15) is 11.4 Å². The van der Waals surface area contributed by atoms with Gasteiger partial charge in [0.25, 0.3) is 0 Å². The SMILES string of the molecule is COCOc1cccc2c1C(CO)CN2C(=O)OC(C)(C)C. The molecule has 1 aliphatic rings. The van der Waals surface area contributed by atoms with Crippen LogP contribution in [0, 0.1) is 0 Å². The number of methoxy groups -OCH3 is 1. The van der Waals surface area contributed by atoms with Crippen molar-refractivity contribution in [2.24, 2.45) is 0 Å². The van der Waals surface area contributed by atoms with Crippen LogP contribution in [-0.4, -0.2) is 43.9 Å². The first-order valence-corrected chi connectivity index (χ1v) is 7.23. The largest absolute Gasteiger partial charge is 0.467 e. The third kappa shape index (κ3) is 3.51. The summed E-state index contributed by atoms with van der Waals surface area (Å²) in [5, 5.41) is 9.63. The molecule has 22 heavy (non-hydrogen) atoms. The van der Waals surface area contributed by atoms with Crippen LogP contribution < -0.4 is 9.64 Å². The molecule has 0 saturated carbocycles. The van der Waals surface area contributed by atoms with Gasteiger partial charge in [-0.3, -0.25) is 4.90 Å². The van der Waals surface area contributed by atoms with Crippen molar-refractivity contribution in [3.05, 3.63) is 23.8 Å². The molecule has 6 heteroatoms. The first-order chi connectivity index (χ1) is 10.4. The maximum absolute atomic E-state index is 12.4. The number of anilines is 1. The lowest BCUT2D eigenvalue weighted by Gasteiger charge is -2.25. The van der Waals surface area contributed by atoms with Crippen LogP contribution in [-0.2, 0) is 9.47 Å². The highest BCUT2D eigenvalue weighted by Crippen LogP contribution is 2.42.